The molecule has 0 spiro atoms. The molecule has 1 aromatic carbocycles. The van der Waals surface area contributed by atoms with Crippen LogP contribution in [0.15, 0.2) is 29.8 Å². The van der Waals surface area contributed by atoms with Crippen LogP contribution in [0.4, 0.5) is 5.69 Å². The van der Waals surface area contributed by atoms with Gasteiger partial charge < -0.3 is 11.1 Å². The smallest absolute Gasteiger partial charge is 0.223 e. The summed E-state index contributed by atoms with van der Waals surface area (Å²) in [5, 5.41) is 8.37. The average molecular weight is 404 g/mol. The first-order valence-corrected chi connectivity index (χ1v) is 10.2. The monoisotopic (exact) mass is 403 g/mol. The van der Waals surface area contributed by atoms with Gasteiger partial charge in [-0.05, 0) is 82.0 Å². The average Bonchev–Trinajstić information content (AvgIpc) is 3.20. The molecule has 0 atom stereocenters. The Kier molecular flexibility index (Phi) is 8.07. The number of hydrogen-bond donors (Lipinski definition) is 2. The van der Waals surface area contributed by atoms with Gasteiger partial charge in [-0.3, -0.25) is 14.5 Å². The third-order valence-electron chi connectivity index (χ3n) is 4.32. The summed E-state index contributed by atoms with van der Waals surface area (Å²) in [5.41, 5.74) is 7.92. The number of carbonyl (C=O) groups is 2. The van der Waals surface area contributed by atoms with Crippen LogP contribution in [0.1, 0.15) is 49.5 Å². The van der Waals surface area contributed by atoms with Crippen molar-refractivity contribution in [1.29, 1.82) is 0 Å². The third-order valence-corrected chi connectivity index (χ3v) is 4.75. The molecule has 7 nitrogen and oxygen atoms in total. The lowest BCUT2D eigenvalue weighted by molar-refractivity contribution is -0.127. The van der Waals surface area contributed by atoms with Crippen LogP contribution in [0.3, 0.4) is 0 Å². The van der Waals surface area contributed by atoms with Crippen LogP contribution in [-0.4, -0.2) is 45.3 Å². The number of benzene rings is 1. The summed E-state index contributed by atoms with van der Waals surface area (Å²) in [4.78, 5) is 25.5. The number of aromatic nitrogens is 2. The fourth-order valence-corrected chi connectivity index (χ4v) is 3.40. The Hall–Kier alpha value is -2.32. The molecule has 152 valence electrons. The van der Waals surface area contributed by atoms with Crippen LogP contribution in [-0.2, 0) is 11.3 Å². The zero-order chi connectivity index (χ0) is 20.6. The van der Waals surface area contributed by atoms with Crippen molar-refractivity contribution < 1.29 is 9.59 Å². The second-order valence-electron chi connectivity index (χ2n) is 8.00. The van der Waals surface area contributed by atoms with E-state index in [1.807, 2.05) is 38.3 Å². The molecule has 1 aromatic heterocycles. The fourth-order valence-electron chi connectivity index (χ4n) is 3.12. The Morgan fingerprint density at radius 3 is 2.54 bits per heavy atom. The molecule has 1 fully saturated rings. The highest BCUT2D eigenvalue weighted by Gasteiger charge is 2.27. The van der Waals surface area contributed by atoms with Gasteiger partial charge in [-0.2, -0.15) is 0 Å². The van der Waals surface area contributed by atoms with E-state index in [-0.39, 0.29) is 17.4 Å². The number of nitrogens with zero attached hydrogens (tertiary/aromatic N) is 3. The van der Waals surface area contributed by atoms with Crippen molar-refractivity contribution in [1.82, 2.24) is 19.8 Å². The van der Waals surface area contributed by atoms with Gasteiger partial charge in [0.05, 0.1) is 6.20 Å². The maximum absolute atomic E-state index is 12.2. The lowest BCUT2D eigenvalue weighted by Crippen LogP contribution is -2.46. The maximum Gasteiger partial charge on any atom is 0.223 e. The predicted molar refractivity (Wildman–Crippen MR) is 112 cm³/mol. The number of carbonyl (C=O) groups excluding carboxylic acids is 2. The van der Waals surface area contributed by atoms with Gasteiger partial charge in [-0.25, -0.2) is 0 Å². The summed E-state index contributed by atoms with van der Waals surface area (Å²) in [6, 6.07) is 5.47. The largest absolute Gasteiger partial charge is 0.399 e. The summed E-state index contributed by atoms with van der Waals surface area (Å²) >= 11 is 1.35. The maximum atomic E-state index is 12.2. The predicted octanol–water partition coefficient (Wildman–Crippen LogP) is 2.75. The molecule has 28 heavy (non-hydrogen) atoms. The molecule has 1 saturated heterocycles. The fraction of sp³-hybridized carbons (Fsp3) is 0.500. The first kappa shape index (κ1) is 22.0. The number of likely N-dealkylation sites (tertiary alicyclic amines) is 1. The zero-order valence-electron chi connectivity index (χ0n) is 16.7. The minimum Gasteiger partial charge on any atom is -0.399 e. The Bertz CT molecular complexity index is 733. The van der Waals surface area contributed by atoms with Crippen molar-refractivity contribution in [3.05, 3.63) is 40.9 Å². The number of nitrogen functional groups attached to an aromatic ring is 1. The first-order chi connectivity index (χ1) is 13.3. The van der Waals surface area contributed by atoms with Crippen LogP contribution >= 0.6 is 11.5 Å². The summed E-state index contributed by atoms with van der Waals surface area (Å²) in [6.45, 7) is 8.54. The third kappa shape index (κ3) is 7.74. The highest BCUT2D eigenvalue weighted by molar-refractivity contribution is 7.03. The summed E-state index contributed by atoms with van der Waals surface area (Å²) in [6.07, 6.45) is 4.21. The van der Waals surface area contributed by atoms with E-state index in [4.69, 9.17) is 5.73 Å². The number of nitrogens with two attached hydrogens (primary N) is 1. The summed E-state index contributed by atoms with van der Waals surface area (Å²) in [5.74, 6) is 0.251. The summed E-state index contributed by atoms with van der Waals surface area (Å²) in [7, 11) is 0. The number of hydrogen-bond acceptors (Lipinski definition) is 7. The van der Waals surface area contributed by atoms with E-state index < -0.39 is 0 Å². The molecule has 2 heterocycles. The van der Waals surface area contributed by atoms with Crippen molar-refractivity contribution in [2.75, 3.05) is 18.8 Å². The highest BCUT2D eigenvalue weighted by Crippen LogP contribution is 2.21. The van der Waals surface area contributed by atoms with Crippen molar-refractivity contribution in [2.24, 2.45) is 5.92 Å². The van der Waals surface area contributed by atoms with Gasteiger partial charge in [-0.15, -0.1) is 5.10 Å². The Labute approximate surface area is 170 Å². The van der Waals surface area contributed by atoms with Crippen molar-refractivity contribution in [3.63, 3.8) is 0 Å². The number of amides is 1. The van der Waals surface area contributed by atoms with E-state index in [9.17, 15) is 9.59 Å². The van der Waals surface area contributed by atoms with Crippen LogP contribution in [0.25, 0.3) is 0 Å². The van der Waals surface area contributed by atoms with Crippen molar-refractivity contribution in [2.45, 2.75) is 45.7 Å². The molecular formula is C20H29N5O2S. The topological polar surface area (TPSA) is 101 Å². The van der Waals surface area contributed by atoms with E-state index in [1.54, 1.807) is 12.3 Å². The number of aldehydes is 1. The minimum absolute atomic E-state index is 0.0943. The molecule has 0 unspecified atom stereocenters. The van der Waals surface area contributed by atoms with Gasteiger partial charge >= 0.3 is 0 Å². The lowest BCUT2D eigenvalue weighted by atomic mass is 9.94. The van der Waals surface area contributed by atoms with Crippen molar-refractivity contribution >= 4 is 29.4 Å². The highest BCUT2D eigenvalue weighted by atomic mass is 32.1. The van der Waals surface area contributed by atoms with Gasteiger partial charge in [0.15, 0.2) is 0 Å². The Balaban J connectivity index is 0.000000485. The second kappa shape index (κ2) is 10.3. The SMILES string of the molecule is CC(C)(C)NC(=O)C1CCN(Cc2cc(N)cc(C=O)c2)CC1.c1csnn1. The number of piperidine rings is 1. The van der Waals surface area contributed by atoms with E-state index in [0.717, 1.165) is 44.3 Å². The minimum atomic E-state index is -0.180. The van der Waals surface area contributed by atoms with E-state index >= 15 is 0 Å². The molecule has 0 bridgehead atoms. The van der Waals surface area contributed by atoms with Crippen LogP contribution in [0.5, 0.6) is 0 Å². The normalized spacial score (nSPS) is 15.4. The molecule has 8 heteroatoms. The molecular weight excluding hydrogens is 374 g/mol. The van der Waals surface area contributed by atoms with Crippen LogP contribution < -0.4 is 11.1 Å². The molecule has 3 rings (SSSR count). The van der Waals surface area contributed by atoms with Crippen molar-refractivity contribution in [3.8, 4) is 0 Å². The molecule has 1 aliphatic heterocycles. The van der Waals surface area contributed by atoms with Gasteiger partial charge in [-0.1, -0.05) is 4.49 Å². The molecule has 1 aliphatic rings. The van der Waals surface area contributed by atoms with E-state index in [0.29, 0.717) is 11.3 Å². The molecule has 0 saturated carbocycles. The van der Waals surface area contributed by atoms with Gasteiger partial charge in [0, 0.05) is 34.6 Å². The van der Waals surface area contributed by atoms with E-state index in [2.05, 4.69) is 19.8 Å². The number of rotatable bonds is 4. The molecule has 2 aromatic rings. The standard InChI is InChI=1S/C18H27N3O2.C2H2N2S/c1-18(2,3)20-17(23)15-4-6-21(7-5-15)11-13-8-14(12-22)10-16(19)9-13;1-2-5-4-3-1/h8-10,12,15H,4-7,11,19H2,1-3H3,(H,20,23);1-2H. The quantitative estimate of drug-likeness (QED) is 0.601. The van der Waals surface area contributed by atoms with Crippen LogP contribution in [0, 0.1) is 5.92 Å². The van der Waals surface area contributed by atoms with Crippen LogP contribution in [0.2, 0.25) is 0 Å². The van der Waals surface area contributed by atoms with E-state index in [1.165, 1.54) is 11.5 Å². The Morgan fingerprint density at radius 2 is 2.04 bits per heavy atom. The van der Waals surface area contributed by atoms with Gasteiger partial charge in [0.1, 0.15) is 6.29 Å². The molecule has 3 N–H and O–H groups in total. The first-order valence-electron chi connectivity index (χ1n) is 9.37. The molecule has 0 radical (unpaired) electrons. The molecule has 1 amide bonds. The van der Waals surface area contributed by atoms with Gasteiger partial charge in [0.2, 0.25) is 5.91 Å². The number of nitrogens with one attached hydrogen (secondary N) is 1. The lowest BCUT2D eigenvalue weighted by Gasteiger charge is -2.33. The molecule has 0 aliphatic carbocycles. The number of anilines is 1. The Morgan fingerprint density at radius 1 is 1.32 bits per heavy atom. The summed E-state index contributed by atoms with van der Waals surface area (Å²) < 4.78 is 3.51. The van der Waals surface area contributed by atoms with Gasteiger partial charge in [0.25, 0.3) is 0 Å². The zero-order valence-corrected chi connectivity index (χ0v) is 17.5. The second-order valence-corrected chi connectivity index (χ2v) is 8.65.